The highest BCUT2D eigenvalue weighted by atomic mass is 19.1. The third-order valence-corrected chi connectivity index (χ3v) is 7.20. The number of carbonyl (C=O) groups is 1. The smallest absolute Gasteiger partial charge is 0.358 e. The van der Waals surface area contributed by atoms with Gasteiger partial charge in [0, 0.05) is 38.1 Å². The fraction of sp³-hybridized carbons (Fsp3) is 0.296. The number of phenolic OH excluding ortho intramolecular Hbond substituents is 1. The number of ether oxygens (including phenoxy) is 1. The fourth-order valence-corrected chi connectivity index (χ4v) is 5.28. The van der Waals surface area contributed by atoms with Crippen LogP contribution in [0.15, 0.2) is 48.0 Å². The number of imidazole rings is 1. The molecule has 0 aliphatic carbocycles. The minimum Gasteiger partial charge on any atom is -0.507 e. The number of amides is 1. The zero-order chi connectivity index (χ0) is 28.3. The van der Waals surface area contributed by atoms with E-state index < -0.39 is 40.4 Å². The fourth-order valence-electron chi connectivity index (χ4n) is 5.28. The lowest BCUT2D eigenvalue weighted by atomic mass is 10.1. The van der Waals surface area contributed by atoms with Crippen molar-refractivity contribution in [3.05, 3.63) is 65.4 Å². The van der Waals surface area contributed by atoms with Crippen molar-refractivity contribution < 1.29 is 23.4 Å². The largest absolute Gasteiger partial charge is 0.507 e. The first kappa shape index (κ1) is 25.5. The number of rotatable bonds is 4. The quantitative estimate of drug-likeness (QED) is 0.386. The summed E-state index contributed by atoms with van der Waals surface area (Å²) in [5.41, 5.74) is -1.82. The molecule has 1 N–H and O–H groups in total. The molecule has 3 aromatic heterocycles. The molecule has 4 aromatic rings. The Morgan fingerprint density at radius 1 is 1.25 bits per heavy atom. The summed E-state index contributed by atoms with van der Waals surface area (Å²) < 4.78 is 40.1. The molecule has 0 radical (unpaired) electrons. The van der Waals surface area contributed by atoms with Gasteiger partial charge in [-0.3, -0.25) is 4.79 Å². The highest BCUT2D eigenvalue weighted by molar-refractivity contribution is 5.97. The highest BCUT2D eigenvalue weighted by Crippen LogP contribution is 2.43. The molecule has 5 heterocycles. The van der Waals surface area contributed by atoms with Gasteiger partial charge in [0.25, 0.3) is 0 Å². The van der Waals surface area contributed by atoms with E-state index in [0.717, 1.165) is 10.6 Å². The van der Waals surface area contributed by atoms with Crippen molar-refractivity contribution in [3.63, 3.8) is 0 Å². The van der Waals surface area contributed by atoms with Crippen molar-refractivity contribution in [2.75, 3.05) is 31.1 Å². The van der Waals surface area contributed by atoms with E-state index in [1.54, 1.807) is 20.6 Å². The Labute approximate surface area is 226 Å². The Balaban J connectivity index is 1.68. The highest BCUT2D eigenvalue weighted by Gasteiger charge is 2.38. The van der Waals surface area contributed by atoms with Crippen LogP contribution in [0.3, 0.4) is 0 Å². The summed E-state index contributed by atoms with van der Waals surface area (Å²) in [6, 6.07) is 2.98. The predicted octanol–water partition coefficient (Wildman–Crippen LogP) is 2.80. The standard InChI is InChI=1S/C27H25F2N7O4/c1-4-18(38)33-10-11-35-15(12-33)13-40-23-20-24(35)32-27(39)36(26-30-8-9-34(26)14(2)3)25(20)31-22(21(23)29)19-16(28)6-5-7-17(19)37/h4-9,14-15,37H,1,10-13H2,2-3H3/t15-/m1/s1. The second-order valence-corrected chi connectivity index (χ2v) is 9.86. The van der Waals surface area contributed by atoms with E-state index >= 15 is 4.39 Å². The lowest BCUT2D eigenvalue weighted by molar-refractivity contribution is -0.126. The van der Waals surface area contributed by atoms with Crippen LogP contribution in [0.1, 0.15) is 19.9 Å². The number of pyridine rings is 1. The molecule has 1 aromatic carbocycles. The van der Waals surface area contributed by atoms with Crippen molar-refractivity contribution >= 4 is 22.8 Å². The van der Waals surface area contributed by atoms with E-state index in [1.165, 1.54) is 24.4 Å². The molecule has 6 rings (SSSR count). The molecule has 0 saturated carbocycles. The molecule has 2 aliphatic heterocycles. The van der Waals surface area contributed by atoms with Gasteiger partial charge in [0.05, 0.1) is 11.6 Å². The molecule has 1 saturated heterocycles. The first-order valence-corrected chi connectivity index (χ1v) is 12.7. The number of fused-ring (bicyclic) bond motifs is 2. The van der Waals surface area contributed by atoms with Crippen LogP contribution >= 0.6 is 0 Å². The number of aromatic hydroxyl groups is 1. The molecule has 0 bridgehead atoms. The van der Waals surface area contributed by atoms with Gasteiger partial charge in [-0.1, -0.05) is 12.6 Å². The summed E-state index contributed by atoms with van der Waals surface area (Å²) in [5, 5.41) is 10.6. The van der Waals surface area contributed by atoms with Crippen molar-refractivity contribution in [1.29, 1.82) is 0 Å². The van der Waals surface area contributed by atoms with Crippen LogP contribution in [0.25, 0.3) is 28.2 Å². The molecule has 206 valence electrons. The summed E-state index contributed by atoms with van der Waals surface area (Å²) in [4.78, 5) is 42.5. The van der Waals surface area contributed by atoms with E-state index in [-0.39, 0.29) is 60.2 Å². The maximum Gasteiger partial charge on any atom is 0.358 e. The van der Waals surface area contributed by atoms with Gasteiger partial charge in [0.1, 0.15) is 35.1 Å². The predicted molar refractivity (Wildman–Crippen MR) is 142 cm³/mol. The summed E-state index contributed by atoms with van der Waals surface area (Å²) in [7, 11) is 0. The minimum atomic E-state index is -1.02. The number of nitrogens with zero attached hydrogens (tertiary/aromatic N) is 7. The summed E-state index contributed by atoms with van der Waals surface area (Å²) in [6.07, 6.45) is 4.41. The molecule has 11 nitrogen and oxygen atoms in total. The summed E-state index contributed by atoms with van der Waals surface area (Å²) in [5.74, 6) is -2.71. The number of piperazine rings is 1. The van der Waals surface area contributed by atoms with Gasteiger partial charge >= 0.3 is 5.69 Å². The third kappa shape index (κ3) is 3.80. The monoisotopic (exact) mass is 549 g/mol. The van der Waals surface area contributed by atoms with Crippen LogP contribution in [0, 0.1) is 11.6 Å². The molecule has 0 spiro atoms. The molecule has 40 heavy (non-hydrogen) atoms. The number of hydrogen-bond acceptors (Lipinski definition) is 8. The van der Waals surface area contributed by atoms with Crippen molar-refractivity contribution in [1.82, 2.24) is 29.0 Å². The van der Waals surface area contributed by atoms with Crippen LogP contribution in [-0.2, 0) is 4.79 Å². The maximum atomic E-state index is 16.3. The maximum absolute atomic E-state index is 16.3. The second-order valence-electron chi connectivity index (χ2n) is 9.86. The summed E-state index contributed by atoms with van der Waals surface area (Å²) >= 11 is 0. The Kier molecular flexibility index (Phi) is 6.01. The second kappa shape index (κ2) is 9.43. The van der Waals surface area contributed by atoms with Crippen LogP contribution in [-0.4, -0.2) is 72.3 Å². The average molecular weight is 550 g/mol. The van der Waals surface area contributed by atoms with Gasteiger partial charge in [-0.15, -0.1) is 0 Å². The normalized spacial score (nSPS) is 16.6. The van der Waals surface area contributed by atoms with E-state index in [1.807, 2.05) is 13.8 Å². The molecule has 1 atom stereocenters. The molecule has 0 unspecified atom stereocenters. The average Bonchev–Trinajstić information content (AvgIpc) is 3.35. The number of hydrogen-bond donors (Lipinski definition) is 1. The Morgan fingerprint density at radius 2 is 2.05 bits per heavy atom. The van der Waals surface area contributed by atoms with Crippen LogP contribution in [0.5, 0.6) is 11.5 Å². The number of aromatic nitrogens is 5. The van der Waals surface area contributed by atoms with Gasteiger partial charge in [-0.25, -0.2) is 28.1 Å². The molecule has 1 fully saturated rings. The molecular formula is C27H25F2N7O4. The van der Waals surface area contributed by atoms with Gasteiger partial charge in [0.2, 0.25) is 11.9 Å². The first-order valence-electron chi connectivity index (χ1n) is 12.7. The zero-order valence-corrected chi connectivity index (χ0v) is 21.7. The Morgan fingerprint density at radius 3 is 2.77 bits per heavy atom. The van der Waals surface area contributed by atoms with Crippen molar-refractivity contribution in [2.45, 2.75) is 25.9 Å². The van der Waals surface area contributed by atoms with Gasteiger partial charge in [0.15, 0.2) is 17.2 Å². The van der Waals surface area contributed by atoms with Crippen molar-refractivity contribution in [3.8, 4) is 28.7 Å². The Bertz CT molecular complexity index is 1730. The minimum absolute atomic E-state index is 0.0647. The summed E-state index contributed by atoms with van der Waals surface area (Å²) in [6.45, 7) is 8.10. The Hall–Kier alpha value is -4.81. The zero-order valence-electron chi connectivity index (χ0n) is 21.7. The molecule has 2 aliphatic rings. The van der Waals surface area contributed by atoms with Gasteiger partial charge in [-0.2, -0.15) is 4.98 Å². The van der Waals surface area contributed by atoms with Gasteiger partial charge in [-0.05, 0) is 32.1 Å². The number of benzene rings is 1. The topological polar surface area (TPSA) is 119 Å². The number of halogens is 2. The van der Waals surface area contributed by atoms with E-state index in [9.17, 15) is 19.1 Å². The first-order chi connectivity index (χ1) is 19.2. The lowest BCUT2D eigenvalue weighted by Gasteiger charge is -2.40. The van der Waals surface area contributed by atoms with Crippen LogP contribution < -0.4 is 15.3 Å². The van der Waals surface area contributed by atoms with E-state index in [2.05, 4.69) is 21.5 Å². The van der Waals surface area contributed by atoms with E-state index in [0.29, 0.717) is 6.54 Å². The molecule has 1 amide bonds. The van der Waals surface area contributed by atoms with Gasteiger partial charge < -0.3 is 24.2 Å². The van der Waals surface area contributed by atoms with E-state index in [4.69, 9.17) is 4.74 Å². The van der Waals surface area contributed by atoms with Crippen LogP contribution in [0.4, 0.5) is 14.6 Å². The van der Waals surface area contributed by atoms with Crippen LogP contribution in [0.2, 0.25) is 0 Å². The number of phenols is 1. The van der Waals surface area contributed by atoms with Crippen molar-refractivity contribution in [2.24, 2.45) is 0 Å². The molecular weight excluding hydrogens is 524 g/mol. The third-order valence-electron chi connectivity index (χ3n) is 7.20. The SMILES string of the molecule is C=CC(=O)N1CCN2c3nc(=O)n(-c4nccn4C(C)C)c4nc(-c5c(O)cccc5F)c(F)c(c34)OC[C@H]2C1. The number of carbonyl (C=O) groups excluding carboxylic acids is 1. The molecule has 13 heteroatoms. The lowest BCUT2D eigenvalue weighted by Crippen LogP contribution is -2.56. The number of anilines is 1.